The Hall–Kier alpha value is -2.37. The van der Waals surface area contributed by atoms with Gasteiger partial charge in [-0.3, -0.25) is 14.5 Å². The smallest absolute Gasteiger partial charge is 0.326 e. The second kappa shape index (κ2) is 9.38. The maximum absolute atomic E-state index is 13.6. The van der Waals surface area contributed by atoms with E-state index in [1.54, 1.807) is 30.2 Å². The standard InChI is InChI=1S/C27H30N2O6S3/c1-10(2)9-35-15-6-5-12(7-16(15)34-4)17-18-13-8-14(21(18)37-23-22(17)38-27(36)28-23)20-19(13)24(30)29(25(20)31)11(3)26(32)33/h5-7,10-11,13-14,17-21H,8-9H2,1-4H3,(H,28,36)(H,32,33). The summed E-state index contributed by atoms with van der Waals surface area (Å²) >= 11 is 8.84. The van der Waals surface area contributed by atoms with Gasteiger partial charge >= 0.3 is 5.97 Å². The van der Waals surface area contributed by atoms with E-state index in [1.807, 2.05) is 12.1 Å². The van der Waals surface area contributed by atoms with Gasteiger partial charge in [-0.15, -0.1) is 23.1 Å². The molecule has 6 rings (SSSR count). The molecule has 3 heterocycles. The summed E-state index contributed by atoms with van der Waals surface area (Å²) in [5.41, 5.74) is 1.07. The number of methoxy groups -OCH3 is 1. The van der Waals surface area contributed by atoms with Crippen LogP contribution in [0.5, 0.6) is 11.5 Å². The molecule has 0 spiro atoms. The number of nitrogens with one attached hydrogen (secondary N) is 1. The molecule has 2 aromatic rings. The average Bonchev–Trinajstić information content (AvgIpc) is 3.60. The number of benzene rings is 1. The van der Waals surface area contributed by atoms with E-state index >= 15 is 0 Å². The summed E-state index contributed by atoms with van der Waals surface area (Å²) in [5.74, 6) is -0.913. The zero-order chi connectivity index (χ0) is 27.0. The number of carbonyl (C=O) groups is 3. The molecule has 202 valence electrons. The molecule has 11 heteroatoms. The van der Waals surface area contributed by atoms with Gasteiger partial charge in [-0.05, 0) is 66.9 Å². The number of likely N-dealkylation sites (tertiary alicyclic amines) is 1. The summed E-state index contributed by atoms with van der Waals surface area (Å²) < 4.78 is 12.4. The number of carboxylic acids is 1. The van der Waals surface area contributed by atoms with E-state index in [4.69, 9.17) is 21.7 Å². The van der Waals surface area contributed by atoms with Crippen LogP contribution in [0, 0.1) is 39.5 Å². The van der Waals surface area contributed by atoms with Crippen LogP contribution in [-0.4, -0.2) is 57.8 Å². The zero-order valence-corrected chi connectivity index (χ0v) is 24.0. The number of thiazole rings is 1. The molecule has 1 aromatic heterocycles. The van der Waals surface area contributed by atoms with Gasteiger partial charge in [-0.2, -0.15) is 0 Å². The fourth-order valence-corrected chi connectivity index (χ4v) is 10.5. The van der Waals surface area contributed by atoms with Crippen molar-refractivity contribution >= 4 is 53.1 Å². The Bertz CT molecular complexity index is 1390. The van der Waals surface area contributed by atoms with E-state index < -0.39 is 23.8 Å². The summed E-state index contributed by atoms with van der Waals surface area (Å²) in [4.78, 5) is 44.2. The number of nitrogens with zero attached hydrogens (tertiary/aromatic N) is 1. The molecule has 3 fully saturated rings. The van der Waals surface area contributed by atoms with Gasteiger partial charge in [0.05, 0.1) is 30.6 Å². The Morgan fingerprint density at radius 3 is 2.55 bits per heavy atom. The molecule has 0 radical (unpaired) electrons. The van der Waals surface area contributed by atoms with Crippen molar-refractivity contribution in [3.05, 3.63) is 32.6 Å². The predicted octanol–water partition coefficient (Wildman–Crippen LogP) is 4.80. The van der Waals surface area contributed by atoms with Crippen LogP contribution in [-0.2, 0) is 14.4 Å². The van der Waals surface area contributed by atoms with Crippen LogP contribution in [0.15, 0.2) is 23.2 Å². The number of carbonyl (C=O) groups excluding carboxylic acids is 2. The van der Waals surface area contributed by atoms with Crippen molar-refractivity contribution in [2.24, 2.45) is 35.5 Å². The predicted molar refractivity (Wildman–Crippen MR) is 145 cm³/mol. The first kappa shape index (κ1) is 25.9. The molecule has 2 amide bonds. The molecule has 38 heavy (non-hydrogen) atoms. The summed E-state index contributed by atoms with van der Waals surface area (Å²) in [5, 5.41) is 10.7. The number of aromatic nitrogens is 1. The van der Waals surface area contributed by atoms with Crippen LogP contribution >= 0.6 is 35.3 Å². The number of ether oxygens (including phenoxy) is 2. The third-order valence-corrected chi connectivity index (χ3v) is 11.6. The minimum atomic E-state index is -1.16. The maximum atomic E-state index is 13.6. The van der Waals surface area contributed by atoms with Gasteiger partial charge in [-0.25, -0.2) is 4.79 Å². The molecule has 2 saturated carbocycles. The molecular weight excluding hydrogens is 545 g/mol. The number of fused-ring (bicyclic) bond motifs is 9. The SMILES string of the molecule is COc1cc(C2c3sc(=S)[nH]c3SC3C4CC(C5C(=O)N(C(C)C(=O)O)C(=O)C45)C23)ccc1OCC(C)C. The van der Waals surface area contributed by atoms with Crippen molar-refractivity contribution in [2.45, 2.75) is 49.4 Å². The first-order chi connectivity index (χ1) is 18.1. The van der Waals surface area contributed by atoms with E-state index in [2.05, 4.69) is 24.9 Å². The molecule has 2 bridgehead atoms. The maximum Gasteiger partial charge on any atom is 0.326 e. The van der Waals surface area contributed by atoms with Crippen molar-refractivity contribution in [3.63, 3.8) is 0 Å². The lowest BCUT2D eigenvalue weighted by molar-refractivity contribution is -0.154. The van der Waals surface area contributed by atoms with Crippen molar-refractivity contribution in [3.8, 4) is 11.5 Å². The van der Waals surface area contributed by atoms with Gasteiger partial charge in [0.25, 0.3) is 0 Å². The second-order valence-corrected chi connectivity index (χ2v) is 14.0. The Morgan fingerprint density at radius 1 is 1.18 bits per heavy atom. The van der Waals surface area contributed by atoms with Crippen molar-refractivity contribution in [1.82, 2.24) is 9.88 Å². The Labute approximate surface area is 234 Å². The molecule has 8 nitrogen and oxygen atoms in total. The lowest BCUT2D eigenvalue weighted by atomic mass is 9.68. The van der Waals surface area contributed by atoms with Crippen LogP contribution in [0.4, 0.5) is 0 Å². The van der Waals surface area contributed by atoms with Crippen LogP contribution in [0.3, 0.4) is 0 Å². The summed E-state index contributed by atoms with van der Waals surface area (Å²) in [6.45, 7) is 6.19. The van der Waals surface area contributed by atoms with Gasteiger partial charge in [0, 0.05) is 16.0 Å². The molecular formula is C27H30N2O6S3. The minimum absolute atomic E-state index is 0.00973. The van der Waals surface area contributed by atoms with Crippen molar-refractivity contribution in [2.75, 3.05) is 13.7 Å². The number of hydrogen-bond acceptors (Lipinski definition) is 8. The summed E-state index contributed by atoms with van der Waals surface area (Å²) in [6.07, 6.45) is 0.795. The molecule has 8 atom stereocenters. The number of aliphatic carboxylic acids is 1. The van der Waals surface area contributed by atoms with Gasteiger partial charge in [0.15, 0.2) is 15.5 Å². The number of hydrogen-bond donors (Lipinski definition) is 2. The highest BCUT2D eigenvalue weighted by Crippen LogP contribution is 2.69. The van der Waals surface area contributed by atoms with Crippen LogP contribution in [0.25, 0.3) is 0 Å². The Kier molecular flexibility index (Phi) is 6.39. The van der Waals surface area contributed by atoms with Crippen molar-refractivity contribution in [1.29, 1.82) is 0 Å². The van der Waals surface area contributed by atoms with E-state index in [0.29, 0.717) is 28.0 Å². The lowest BCUT2D eigenvalue weighted by Gasteiger charge is -2.43. The third kappa shape index (κ3) is 3.76. The normalized spacial score (nSPS) is 31.8. The highest BCUT2D eigenvalue weighted by Gasteiger charge is 2.70. The van der Waals surface area contributed by atoms with Gasteiger partial charge < -0.3 is 19.6 Å². The van der Waals surface area contributed by atoms with Crippen LogP contribution in [0.2, 0.25) is 0 Å². The highest BCUT2D eigenvalue weighted by molar-refractivity contribution is 8.00. The fourth-order valence-electron chi connectivity index (χ4n) is 7.16. The van der Waals surface area contributed by atoms with E-state index in [-0.39, 0.29) is 40.7 Å². The molecule has 2 N–H and O–H groups in total. The van der Waals surface area contributed by atoms with Gasteiger partial charge in [-0.1, -0.05) is 19.9 Å². The first-order valence-electron chi connectivity index (χ1n) is 12.9. The van der Waals surface area contributed by atoms with Crippen molar-refractivity contribution < 1.29 is 29.0 Å². The third-order valence-electron chi connectivity index (χ3n) is 8.62. The number of carboxylic acid groups (broad SMARTS) is 1. The lowest BCUT2D eigenvalue weighted by Crippen LogP contribution is -2.44. The average molecular weight is 575 g/mol. The molecule has 1 saturated heterocycles. The van der Waals surface area contributed by atoms with Gasteiger partial charge in [0.2, 0.25) is 11.8 Å². The largest absolute Gasteiger partial charge is 0.493 e. The first-order valence-corrected chi connectivity index (χ1v) is 15.0. The molecule has 4 aliphatic rings. The molecule has 2 aliphatic carbocycles. The zero-order valence-electron chi connectivity index (χ0n) is 21.5. The number of aromatic amines is 1. The number of rotatable bonds is 7. The molecule has 2 aliphatic heterocycles. The summed E-state index contributed by atoms with van der Waals surface area (Å²) in [6, 6.07) is 4.90. The molecule has 8 unspecified atom stereocenters. The van der Waals surface area contributed by atoms with E-state index in [0.717, 1.165) is 26.8 Å². The number of imide groups is 1. The van der Waals surface area contributed by atoms with E-state index in [9.17, 15) is 19.5 Å². The number of H-pyrrole nitrogens is 1. The quantitative estimate of drug-likeness (QED) is 0.359. The second-order valence-electron chi connectivity index (χ2n) is 11.1. The monoisotopic (exact) mass is 574 g/mol. The Morgan fingerprint density at radius 2 is 1.89 bits per heavy atom. The number of amides is 2. The van der Waals surface area contributed by atoms with E-state index in [1.165, 1.54) is 6.92 Å². The van der Waals surface area contributed by atoms with Crippen LogP contribution in [0.1, 0.15) is 43.6 Å². The van der Waals surface area contributed by atoms with Gasteiger partial charge in [0.1, 0.15) is 6.04 Å². The summed E-state index contributed by atoms with van der Waals surface area (Å²) in [7, 11) is 1.63. The highest BCUT2D eigenvalue weighted by atomic mass is 32.2. The number of thioether (sulfide) groups is 1. The van der Waals surface area contributed by atoms with Crippen LogP contribution < -0.4 is 9.47 Å². The fraction of sp³-hybridized carbons (Fsp3) is 0.556. The minimum Gasteiger partial charge on any atom is -0.493 e. The molecule has 1 aromatic carbocycles. The topological polar surface area (TPSA) is 109 Å². The Balaban J connectivity index is 1.41.